The summed E-state index contributed by atoms with van der Waals surface area (Å²) in [6, 6.07) is 4.29. The first-order valence-electron chi connectivity index (χ1n) is 7.91. The largest absolute Gasteiger partial charge is 0.492 e. The first-order chi connectivity index (χ1) is 12.0. The van der Waals surface area contributed by atoms with E-state index in [4.69, 9.17) is 4.42 Å². The van der Waals surface area contributed by atoms with Gasteiger partial charge < -0.3 is 25.1 Å². The Morgan fingerprint density at radius 1 is 1.40 bits per heavy atom. The van der Waals surface area contributed by atoms with Crippen LogP contribution in [0, 0.1) is 5.82 Å². The van der Waals surface area contributed by atoms with E-state index in [1.165, 1.54) is 13.0 Å². The van der Waals surface area contributed by atoms with Crippen molar-refractivity contribution in [3.63, 3.8) is 0 Å². The summed E-state index contributed by atoms with van der Waals surface area (Å²) in [4.78, 5) is 24.8. The van der Waals surface area contributed by atoms with Gasteiger partial charge in [0.1, 0.15) is 5.82 Å². The van der Waals surface area contributed by atoms with Gasteiger partial charge >= 0.3 is 5.76 Å². The molecule has 2 aromatic rings. The molecule has 134 valence electrons. The predicted octanol–water partition coefficient (Wildman–Crippen LogP) is 0.321. The highest BCUT2D eigenvalue weighted by atomic mass is 19.1. The first kappa shape index (κ1) is 17.0. The second-order valence-electron chi connectivity index (χ2n) is 5.73. The van der Waals surface area contributed by atoms with Gasteiger partial charge in [-0.3, -0.25) is 4.79 Å². The maximum absolute atomic E-state index is 14.5. The van der Waals surface area contributed by atoms with E-state index in [9.17, 15) is 19.1 Å². The van der Waals surface area contributed by atoms with Gasteiger partial charge in [-0.25, -0.2) is 13.8 Å². The van der Waals surface area contributed by atoms with Gasteiger partial charge in [-0.2, -0.15) is 0 Å². The fraction of sp³-hybridized carbons (Fsp3) is 0.375. The minimum Gasteiger partial charge on any atom is -0.492 e. The molecule has 1 aliphatic heterocycles. The highest BCUT2D eigenvalue weighted by molar-refractivity contribution is 5.72. The Balaban J connectivity index is 1.90. The summed E-state index contributed by atoms with van der Waals surface area (Å²) < 4.78 is 20.3. The van der Waals surface area contributed by atoms with E-state index >= 15 is 0 Å². The van der Waals surface area contributed by atoms with Crippen LogP contribution in [0.25, 0.3) is 5.69 Å². The quantitative estimate of drug-likeness (QED) is 0.734. The number of carbonyl (C=O) groups excluding carboxylic acids is 1. The van der Waals surface area contributed by atoms with Crippen LogP contribution in [0.5, 0.6) is 5.88 Å². The van der Waals surface area contributed by atoms with E-state index in [1.54, 1.807) is 12.1 Å². The van der Waals surface area contributed by atoms with Gasteiger partial charge in [0, 0.05) is 39.2 Å². The Morgan fingerprint density at radius 2 is 2.12 bits per heavy atom. The normalized spacial score (nSPS) is 14.6. The van der Waals surface area contributed by atoms with Gasteiger partial charge in [0.05, 0.1) is 17.9 Å². The lowest BCUT2D eigenvalue weighted by atomic mass is 10.2. The number of halogens is 1. The second kappa shape index (κ2) is 6.98. The fourth-order valence-corrected chi connectivity index (χ4v) is 2.75. The van der Waals surface area contributed by atoms with Crippen molar-refractivity contribution in [1.29, 1.82) is 0 Å². The highest BCUT2D eigenvalue weighted by Gasteiger charge is 2.20. The summed E-state index contributed by atoms with van der Waals surface area (Å²) >= 11 is 0. The van der Waals surface area contributed by atoms with Crippen molar-refractivity contribution in [2.75, 3.05) is 31.1 Å². The molecule has 0 spiro atoms. The number of rotatable bonds is 4. The molecule has 3 N–H and O–H groups in total. The average molecular weight is 350 g/mol. The molecule has 0 unspecified atom stereocenters. The van der Waals surface area contributed by atoms with Crippen LogP contribution in [-0.2, 0) is 11.3 Å². The molecule has 8 nitrogen and oxygen atoms in total. The van der Waals surface area contributed by atoms with E-state index in [0.717, 1.165) is 17.7 Å². The Hall–Kier alpha value is -2.81. The maximum Gasteiger partial charge on any atom is 0.426 e. The number of hydrogen-bond acceptors (Lipinski definition) is 6. The number of amides is 1. The Bertz CT molecular complexity index is 839. The van der Waals surface area contributed by atoms with Gasteiger partial charge in [-0.1, -0.05) is 0 Å². The summed E-state index contributed by atoms with van der Waals surface area (Å²) in [5.41, 5.74) is 0.594. The Labute approximate surface area is 142 Å². The number of aromatic hydroxyl groups is 1. The number of hydrogen-bond donors (Lipinski definition) is 3. The lowest BCUT2D eigenvalue weighted by molar-refractivity contribution is -0.119. The number of oxazole rings is 1. The van der Waals surface area contributed by atoms with Gasteiger partial charge in [-0.15, -0.1) is 0 Å². The zero-order valence-corrected chi connectivity index (χ0v) is 13.7. The third kappa shape index (κ3) is 3.50. The van der Waals surface area contributed by atoms with Crippen molar-refractivity contribution in [3.05, 3.63) is 40.3 Å². The van der Waals surface area contributed by atoms with E-state index in [0.29, 0.717) is 18.8 Å². The number of anilines is 1. The summed E-state index contributed by atoms with van der Waals surface area (Å²) in [7, 11) is 0. The molecule has 2 heterocycles. The number of piperazine rings is 1. The zero-order chi connectivity index (χ0) is 18.0. The SMILES string of the molecule is CC(=O)NCc1oc(=O)n(-c2ccc(N3CCNCC3)c(F)c2)c1O. The molecule has 1 aliphatic rings. The topological polar surface area (TPSA) is 99.7 Å². The molecule has 1 amide bonds. The molecule has 0 bridgehead atoms. The van der Waals surface area contributed by atoms with E-state index in [-0.39, 0.29) is 23.9 Å². The van der Waals surface area contributed by atoms with Crippen molar-refractivity contribution < 1.29 is 18.7 Å². The molecule has 1 fully saturated rings. The molecule has 0 aliphatic carbocycles. The average Bonchev–Trinajstić information content (AvgIpc) is 2.87. The number of nitrogens with zero attached hydrogens (tertiary/aromatic N) is 2. The van der Waals surface area contributed by atoms with Crippen molar-refractivity contribution in [2.24, 2.45) is 0 Å². The molecule has 0 saturated carbocycles. The van der Waals surface area contributed by atoms with Crippen LogP contribution in [0.4, 0.5) is 10.1 Å². The van der Waals surface area contributed by atoms with Gasteiger partial charge in [0.2, 0.25) is 11.8 Å². The van der Waals surface area contributed by atoms with E-state index in [2.05, 4.69) is 10.6 Å². The van der Waals surface area contributed by atoms with Crippen LogP contribution in [0.1, 0.15) is 12.7 Å². The minimum atomic E-state index is -0.854. The number of nitrogens with one attached hydrogen (secondary N) is 2. The van der Waals surface area contributed by atoms with Crippen LogP contribution in [0.3, 0.4) is 0 Å². The molecule has 1 aromatic carbocycles. The van der Waals surface area contributed by atoms with Crippen molar-refractivity contribution in [3.8, 4) is 11.6 Å². The van der Waals surface area contributed by atoms with E-state index < -0.39 is 17.5 Å². The van der Waals surface area contributed by atoms with Gasteiger partial charge in [-0.05, 0) is 12.1 Å². The molecule has 1 saturated heterocycles. The number of benzene rings is 1. The minimum absolute atomic E-state index is 0.0909. The number of aromatic nitrogens is 1. The maximum atomic E-state index is 14.5. The van der Waals surface area contributed by atoms with Crippen LogP contribution >= 0.6 is 0 Å². The summed E-state index contributed by atoms with van der Waals surface area (Å²) in [5.74, 6) is -2.23. The first-order valence-corrected chi connectivity index (χ1v) is 7.91. The van der Waals surface area contributed by atoms with Crippen molar-refractivity contribution in [1.82, 2.24) is 15.2 Å². The molecular weight excluding hydrogens is 331 g/mol. The third-order valence-electron chi connectivity index (χ3n) is 4.00. The zero-order valence-electron chi connectivity index (χ0n) is 13.7. The fourth-order valence-electron chi connectivity index (χ4n) is 2.75. The number of carbonyl (C=O) groups is 1. The van der Waals surface area contributed by atoms with Crippen LogP contribution in [0.2, 0.25) is 0 Å². The lowest BCUT2D eigenvalue weighted by Crippen LogP contribution is -2.43. The molecule has 0 radical (unpaired) electrons. The van der Waals surface area contributed by atoms with E-state index in [1.807, 2.05) is 4.90 Å². The Morgan fingerprint density at radius 3 is 2.76 bits per heavy atom. The van der Waals surface area contributed by atoms with Crippen LogP contribution in [0.15, 0.2) is 27.4 Å². The van der Waals surface area contributed by atoms with Gasteiger partial charge in [0.15, 0.2) is 5.76 Å². The highest BCUT2D eigenvalue weighted by Crippen LogP contribution is 2.25. The monoisotopic (exact) mass is 350 g/mol. The second-order valence-corrected chi connectivity index (χ2v) is 5.73. The third-order valence-corrected chi connectivity index (χ3v) is 4.00. The molecule has 0 atom stereocenters. The van der Waals surface area contributed by atoms with Crippen LogP contribution in [-0.4, -0.2) is 41.8 Å². The van der Waals surface area contributed by atoms with Crippen molar-refractivity contribution >= 4 is 11.6 Å². The van der Waals surface area contributed by atoms with Gasteiger partial charge in [0.25, 0.3) is 0 Å². The van der Waals surface area contributed by atoms with Crippen molar-refractivity contribution in [2.45, 2.75) is 13.5 Å². The molecule has 9 heteroatoms. The summed E-state index contributed by atoms with van der Waals surface area (Å²) in [6.07, 6.45) is 0. The molecule has 1 aromatic heterocycles. The Kier molecular flexibility index (Phi) is 4.75. The molecule has 3 rings (SSSR count). The standard InChI is InChI=1S/C16H19FN4O4/c1-10(22)19-9-14-15(23)21(16(24)25-14)11-2-3-13(12(17)8-11)20-6-4-18-5-7-20/h2-3,8,18,23H,4-7,9H2,1H3,(H,19,22). The molecule has 25 heavy (non-hydrogen) atoms. The molecular formula is C16H19FN4O4. The van der Waals surface area contributed by atoms with Crippen LogP contribution < -0.4 is 21.3 Å². The smallest absolute Gasteiger partial charge is 0.426 e. The lowest BCUT2D eigenvalue weighted by Gasteiger charge is -2.29. The summed E-state index contributed by atoms with van der Waals surface area (Å²) in [5, 5.41) is 15.8. The predicted molar refractivity (Wildman–Crippen MR) is 88.5 cm³/mol. The summed E-state index contributed by atoms with van der Waals surface area (Å²) in [6.45, 7) is 4.09.